The minimum absolute atomic E-state index is 0.714. The Labute approximate surface area is 88.2 Å². The molecule has 0 unspecified atom stereocenters. The molecule has 0 aromatic heterocycles. The van der Waals surface area contributed by atoms with Crippen LogP contribution >= 0.6 is 11.8 Å². The number of methoxy groups -OCH3 is 1. The number of thioether (sulfide) groups is 1. The van der Waals surface area contributed by atoms with E-state index in [9.17, 15) is 0 Å². The molecule has 1 rings (SSSR count). The highest BCUT2D eigenvalue weighted by Crippen LogP contribution is 2.22. The molecule has 0 atom stereocenters. The standard InChI is InChI=1S/C11H11NOS/c1-9(7-12)8-14-11-5-3-10(13-2)4-6-11/h3-6,8H,1-2H3. The highest BCUT2D eigenvalue weighted by molar-refractivity contribution is 8.02. The van der Waals surface area contributed by atoms with Crippen LogP contribution in [0, 0.1) is 11.3 Å². The third kappa shape index (κ3) is 3.15. The van der Waals surface area contributed by atoms with Gasteiger partial charge in [0.05, 0.1) is 13.2 Å². The largest absolute Gasteiger partial charge is 0.497 e. The second-order valence-corrected chi connectivity index (χ2v) is 3.65. The predicted octanol–water partition coefficient (Wildman–Crippen LogP) is 3.21. The van der Waals surface area contributed by atoms with Gasteiger partial charge in [0.1, 0.15) is 5.75 Å². The minimum atomic E-state index is 0.714. The molecule has 0 radical (unpaired) electrons. The van der Waals surface area contributed by atoms with Crippen LogP contribution in [0.25, 0.3) is 0 Å². The zero-order chi connectivity index (χ0) is 10.4. The van der Waals surface area contributed by atoms with Crippen molar-refractivity contribution in [2.75, 3.05) is 7.11 Å². The van der Waals surface area contributed by atoms with E-state index in [4.69, 9.17) is 10.00 Å². The van der Waals surface area contributed by atoms with Crippen LogP contribution in [0.2, 0.25) is 0 Å². The number of nitrogens with zero attached hydrogens (tertiary/aromatic N) is 1. The lowest BCUT2D eigenvalue weighted by Gasteiger charge is -2.00. The van der Waals surface area contributed by atoms with Crippen molar-refractivity contribution in [2.45, 2.75) is 11.8 Å². The van der Waals surface area contributed by atoms with Crippen LogP contribution in [0.15, 0.2) is 40.1 Å². The van der Waals surface area contributed by atoms with Gasteiger partial charge in [0.2, 0.25) is 0 Å². The first-order valence-corrected chi connectivity index (χ1v) is 5.02. The zero-order valence-electron chi connectivity index (χ0n) is 8.15. The normalized spacial score (nSPS) is 10.8. The van der Waals surface area contributed by atoms with E-state index in [-0.39, 0.29) is 0 Å². The molecule has 0 aliphatic heterocycles. The van der Waals surface area contributed by atoms with E-state index >= 15 is 0 Å². The van der Waals surface area contributed by atoms with Crippen LogP contribution < -0.4 is 4.74 Å². The molecule has 1 aromatic carbocycles. The Kier molecular flexibility index (Phi) is 4.09. The fraction of sp³-hybridized carbons (Fsp3) is 0.182. The first-order valence-electron chi connectivity index (χ1n) is 4.14. The van der Waals surface area contributed by atoms with Gasteiger partial charge in [-0.1, -0.05) is 11.8 Å². The van der Waals surface area contributed by atoms with E-state index in [1.54, 1.807) is 14.0 Å². The molecule has 0 N–H and O–H groups in total. The molecule has 0 saturated heterocycles. The Morgan fingerprint density at radius 1 is 1.43 bits per heavy atom. The van der Waals surface area contributed by atoms with E-state index in [2.05, 4.69) is 6.07 Å². The number of benzene rings is 1. The Balaban J connectivity index is 2.66. The van der Waals surface area contributed by atoms with E-state index < -0.39 is 0 Å². The number of hydrogen-bond donors (Lipinski definition) is 0. The molecule has 72 valence electrons. The Morgan fingerprint density at radius 3 is 2.57 bits per heavy atom. The molecule has 0 aliphatic carbocycles. The van der Waals surface area contributed by atoms with Crippen molar-refractivity contribution in [2.24, 2.45) is 0 Å². The van der Waals surface area contributed by atoms with Gasteiger partial charge in [0, 0.05) is 10.5 Å². The second-order valence-electron chi connectivity index (χ2n) is 2.71. The van der Waals surface area contributed by atoms with Gasteiger partial charge in [-0.15, -0.1) is 0 Å². The van der Waals surface area contributed by atoms with Gasteiger partial charge < -0.3 is 4.74 Å². The summed E-state index contributed by atoms with van der Waals surface area (Å²) in [6.07, 6.45) is 0. The van der Waals surface area contributed by atoms with Gasteiger partial charge in [0.15, 0.2) is 0 Å². The highest BCUT2D eigenvalue weighted by atomic mass is 32.2. The number of nitriles is 1. The highest BCUT2D eigenvalue weighted by Gasteiger charge is 1.93. The summed E-state index contributed by atoms with van der Waals surface area (Å²) in [7, 11) is 1.64. The average Bonchev–Trinajstić information content (AvgIpc) is 2.26. The number of allylic oxidation sites excluding steroid dienone is 1. The summed E-state index contributed by atoms with van der Waals surface area (Å²) in [6.45, 7) is 1.79. The van der Waals surface area contributed by atoms with Gasteiger partial charge in [0.25, 0.3) is 0 Å². The van der Waals surface area contributed by atoms with Crippen molar-refractivity contribution < 1.29 is 4.74 Å². The fourth-order valence-corrected chi connectivity index (χ4v) is 1.50. The van der Waals surface area contributed by atoms with Crippen LogP contribution in [-0.2, 0) is 0 Å². The Bertz CT molecular complexity index is 362. The number of rotatable bonds is 3. The summed E-state index contributed by atoms with van der Waals surface area (Å²) in [6, 6.07) is 9.80. The molecular weight excluding hydrogens is 194 g/mol. The van der Waals surface area contributed by atoms with E-state index in [0.29, 0.717) is 5.57 Å². The third-order valence-corrected chi connectivity index (χ3v) is 2.62. The molecule has 0 amide bonds. The zero-order valence-corrected chi connectivity index (χ0v) is 8.97. The van der Waals surface area contributed by atoms with Crippen LogP contribution in [0.1, 0.15) is 6.92 Å². The molecule has 0 saturated carbocycles. The summed E-state index contributed by atoms with van der Waals surface area (Å²) in [5.74, 6) is 0.843. The predicted molar refractivity (Wildman–Crippen MR) is 58.2 cm³/mol. The summed E-state index contributed by atoms with van der Waals surface area (Å²) in [5.41, 5.74) is 0.714. The van der Waals surface area contributed by atoms with Crippen molar-refractivity contribution in [3.05, 3.63) is 35.2 Å². The monoisotopic (exact) mass is 205 g/mol. The Hall–Kier alpha value is -1.40. The lowest BCUT2D eigenvalue weighted by molar-refractivity contribution is 0.414. The summed E-state index contributed by atoms with van der Waals surface area (Å²) < 4.78 is 5.04. The quantitative estimate of drug-likeness (QED) is 0.561. The number of hydrogen-bond acceptors (Lipinski definition) is 3. The van der Waals surface area contributed by atoms with E-state index in [1.807, 2.05) is 29.7 Å². The maximum Gasteiger partial charge on any atom is 0.118 e. The first-order chi connectivity index (χ1) is 6.76. The molecular formula is C11H11NOS. The van der Waals surface area contributed by atoms with Crippen LogP contribution in [0.3, 0.4) is 0 Å². The average molecular weight is 205 g/mol. The molecule has 1 aromatic rings. The SMILES string of the molecule is COc1ccc(SC=C(C)C#N)cc1. The molecule has 14 heavy (non-hydrogen) atoms. The summed E-state index contributed by atoms with van der Waals surface area (Å²) in [5, 5.41) is 10.4. The van der Waals surface area contributed by atoms with Gasteiger partial charge in [-0.3, -0.25) is 0 Å². The smallest absolute Gasteiger partial charge is 0.118 e. The molecule has 3 heteroatoms. The van der Waals surface area contributed by atoms with Crippen molar-refractivity contribution in [3.63, 3.8) is 0 Å². The lowest BCUT2D eigenvalue weighted by atomic mass is 10.3. The van der Waals surface area contributed by atoms with Crippen molar-refractivity contribution in [1.82, 2.24) is 0 Å². The van der Waals surface area contributed by atoms with Crippen molar-refractivity contribution >= 4 is 11.8 Å². The van der Waals surface area contributed by atoms with Crippen LogP contribution in [0.5, 0.6) is 5.75 Å². The van der Waals surface area contributed by atoms with E-state index in [0.717, 1.165) is 10.6 Å². The summed E-state index contributed by atoms with van der Waals surface area (Å²) in [4.78, 5) is 1.10. The van der Waals surface area contributed by atoms with Crippen LogP contribution in [0.4, 0.5) is 0 Å². The molecule has 2 nitrogen and oxygen atoms in total. The van der Waals surface area contributed by atoms with Gasteiger partial charge in [-0.2, -0.15) is 5.26 Å². The van der Waals surface area contributed by atoms with Crippen molar-refractivity contribution in [1.29, 1.82) is 5.26 Å². The maximum absolute atomic E-state index is 8.54. The molecule has 0 heterocycles. The topological polar surface area (TPSA) is 33.0 Å². The van der Waals surface area contributed by atoms with Crippen molar-refractivity contribution in [3.8, 4) is 11.8 Å². The molecule has 0 fully saturated rings. The fourth-order valence-electron chi connectivity index (χ4n) is 0.837. The summed E-state index contributed by atoms with van der Waals surface area (Å²) >= 11 is 1.53. The van der Waals surface area contributed by atoms with Gasteiger partial charge >= 0.3 is 0 Å². The second kappa shape index (κ2) is 5.36. The minimum Gasteiger partial charge on any atom is -0.497 e. The molecule has 0 bridgehead atoms. The van der Waals surface area contributed by atoms with Crippen LogP contribution in [-0.4, -0.2) is 7.11 Å². The first kappa shape index (κ1) is 10.7. The Morgan fingerprint density at radius 2 is 2.07 bits per heavy atom. The van der Waals surface area contributed by atoms with Gasteiger partial charge in [-0.05, 0) is 36.6 Å². The molecule has 0 aliphatic rings. The lowest BCUT2D eigenvalue weighted by Crippen LogP contribution is -1.80. The van der Waals surface area contributed by atoms with E-state index in [1.165, 1.54) is 11.8 Å². The molecule has 0 spiro atoms. The third-order valence-electron chi connectivity index (χ3n) is 1.61. The maximum atomic E-state index is 8.54. The number of ether oxygens (including phenoxy) is 1. The van der Waals surface area contributed by atoms with Gasteiger partial charge in [-0.25, -0.2) is 0 Å².